The third-order valence-electron chi connectivity index (χ3n) is 0.501. The Morgan fingerprint density at radius 2 is 2.25 bits per heavy atom. The van der Waals surface area contributed by atoms with E-state index < -0.39 is 5.34 Å². The summed E-state index contributed by atoms with van der Waals surface area (Å²) in [7, 11) is 2.82. The zero-order valence-corrected chi connectivity index (χ0v) is 4.82. The smallest absolute Gasteiger partial charge is 0.103 e. The van der Waals surface area contributed by atoms with Crippen LogP contribution in [0.1, 0.15) is 0 Å². The Bertz CT molecular complexity index is 58.0. The van der Waals surface area contributed by atoms with Gasteiger partial charge in [0.2, 0.25) is 0 Å². The van der Waals surface area contributed by atoms with Crippen LogP contribution in [0, 0.1) is 5.21 Å². The highest BCUT2D eigenvalue weighted by atomic mass is 17.0. The minimum atomic E-state index is -0.646. The highest BCUT2D eigenvalue weighted by Gasteiger charge is 1.93. The molecular weight excluding hydrogens is 112 g/mol. The van der Waals surface area contributed by atoms with E-state index in [-0.39, 0.29) is 5.12 Å². The fourth-order valence-electron chi connectivity index (χ4n) is 0.169. The number of hydrogen-bond acceptors (Lipinski definition) is 3. The molecule has 0 fully saturated rings. The van der Waals surface area contributed by atoms with Crippen molar-refractivity contribution in [3.8, 4) is 0 Å². The van der Waals surface area contributed by atoms with Crippen LogP contribution in [-0.2, 0) is 4.94 Å². The van der Waals surface area contributed by atoms with Gasteiger partial charge in [0, 0.05) is 7.05 Å². The molecule has 0 saturated heterocycles. The van der Waals surface area contributed by atoms with Gasteiger partial charge in [-0.05, 0) is 0 Å². The van der Waals surface area contributed by atoms with Crippen molar-refractivity contribution >= 4 is 0 Å². The summed E-state index contributed by atoms with van der Waals surface area (Å²) in [5, 5.41) is 9.48. The van der Waals surface area contributed by atoms with Crippen molar-refractivity contribution in [2.45, 2.75) is 0 Å². The molecule has 0 aromatic heterocycles. The Labute approximate surface area is 47.2 Å². The number of hydroxylamine groups is 1. The second-order valence-corrected chi connectivity index (χ2v) is 1.22. The molecule has 0 heterocycles. The van der Waals surface area contributed by atoms with Crippen LogP contribution in [0.15, 0.2) is 0 Å². The molecule has 0 aromatic carbocycles. The van der Waals surface area contributed by atoms with Crippen molar-refractivity contribution < 1.29 is 15.4 Å². The van der Waals surface area contributed by atoms with Gasteiger partial charge in [-0.25, -0.2) is 5.12 Å². The van der Waals surface area contributed by atoms with Crippen LogP contribution in [0.3, 0.4) is 0 Å². The highest BCUT2D eigenvalue weighted by molar-refractivity contribution is 3.86. The predicted octanol–water partition coefficient (Wildman–Crippen LogP) is -3.17. The summed E-state index contributed by atoms with van der Waals surface area (Å²) in [5.41, 5.74) is 2.16. The van der Waals surface area contributed by atoms with E-state index in [1.165, 1.54) is 14.1 Å². The van der Waals surface area contributed by atoms with Crippen LogP contribution >= 0.6 is 0 Å². The monoisotopic (exact) mass is 122 g/mol. The van der Waals surface area contributed by atoms with Crippen LogP contribution in [0.25, 0.3) is 5.84 Å². The average Bonchev–Trinajstić information content (AvgIpc) is 1.67. The molecule has 0 spiro atoms. The summed E-state index contributed by atoms with van der Waals surface area (Å²) in [4.78, 5) is 4.19. The summed E-state index contributed by atoms with van der Waals surface area (Å²) < 4.78 is 0. The van der Waals surface area contributed by atoms with Crippen LogP contribution in [0.2, 0.25) is 0 Å². The van der Waals surface area contributed by atoms with Gasteiger partial charge in [-0.3, -0.25) is 0 Å². The van der Waals surface area contributed by atoms with Crippen LogP contribution in [0.4, 0.5) is 0 Å². The first-order valence-corrected chi connectivity index (χ1v) is 2.11. The van der Waals surface area contributed by atoms with Crippen molar-refractivity contribution in [3.63, 3.8) is 0 Å². The van der Waals surface area contributed by atoms with E-state index in [0.29, 0.717) is 0 Å². The second kappa shape index (κ2) is 3.72. The van der Waals surface area contributed by atoms with Crippen molar-refractivity contribution in [3.05, 3.63) is 11.0 Å². The predicted molar refractivity (Wildman–Crippen MR) is 25.7 cm³/mol. The van der Waals surface area contributed by atoms with Crippen molar-refractivity contribution in [1.29, 1.82) is 0 Å². The van der Waals surface area contributed by atoms with Gasteiger partial charge in [0.25, 0.3) is 0 Å². The molecule has 50 valence electrons. The minimum absolute atomic E-state index is 0.112. The first-order chi connectivity index (χ1) is 3.68. The quantitative estimate of drug-likeness (QED) is 0.346. The number of hydrogen-bond donors (Lipinski definition) is 3. The average molecular weight is 122 g/mol. The van der Waals surface area contributed by atoms with Gasteiger partial charge >= 0.3 is 0 Å². The molecule has 0 rings (SSSR count). The standard InChI is InChI=1S/C2H10N4O2/c1-4-8-6(7)5(2)3/h3-6H,1-2H3. The maximum Gasteiger partial charge on any atom is 0.103 e. The highest BCUT2D eigenvalue weighted by Crippen LogP contribution is 1.27. The molecular formula is C2H10N4O2. The molecule has 0 saturated carbocycles. The molecule has 0 aliphatic carbocycles. The van der Waals surface area contributed by atoms with Gasteiger partial charge < -0.3 is 11.0 Å². The van der Waals surface area contributed by atoms with Gasteiger partial charge in [-0.15, -0.1) is 5.48 Å². The Kier molecular flexibility index (Phi) is 3.61. The first-order valence-electron chi connectivity index (χ1n) is 2.11. The molecule has 0 aromatic rings. The first kappa shape index (κ1) is 7.76. The minimum Gasteiger partial charge on any atom is -0.548 e. The molecule has 8 heavy (non-hydrogen) atoms. The Morgan fingerprint density at radius 1 is 1.75 bits per heavy atom. The fourth-order valence-corrected chi connectivity index (χ4v) is 0.169. The largest absolute Gasteiger partial charge is 0.548 e. The Balaban J connectivity index is 3.17. The lowest BCUT2D eigenvalue weighted by Crippen LogP contribution is -3.53. The van der Waals surface area contributed by atoms with Gasteiger partial charge in [0.1, 0.15) is 7.05 Å². The SMILES string of the molecule is CNO[NH+]([O-])[NH+](C)[NH-]. The maximum absolute atomic E-state index is 10.2. The van der Waals surface area contributed by atoms with Crippen molar-refractivity contribution in [1.82, 2.24) is 5.48 Å². The molecule has 0 bridgehead atoms. The summed E-state index contributed by atoms with van der Waals surface area (Å²) in [6.07, 6.45) is 0. The van der Waals surface area contributed by atoms with E-state index in [0.717, 1.165) is 0 Å². The lowest BCUT2D eigenvalue weighted by Gasteiger charge is -2.24. The van der Waals surface area contributed by atoms with E-state index in [2.05, 4.69) is 10.4 Å². The van der Waals surface area contributed by atoms with Gasteiger partial charge in [0.05, 0.1) is 0 Å². The lowest BCUT2D eigenvalue weighted by molar-refractivity contribution is -1.54. The second-order valence-electron chi connectivity index (χ2n) is 1.22. The molecule has 2 atom stereocenters. The van der Waals surface area contributed by atoms with Gasteiger partial charge in [0.15, 0.2) is 0 Å². The molecule has 0 aliphatic heterocycles. The molecule has 0 aliphatic rings. The van der Waals surface area contributed by atoms with Gasteiger partial charge in [-0.1, -0.05) is 10.3 Å². The number of rotatable bonds is 3. The Morgan fingerprint density at radius 3 is 2.38 bits per heavy atom. The third-order valence-corrected chi connectivity index (χ3v) is 0.501. The number of nitrogens with one attached hydrogen (secondary N) is 4. The van der Waals surface area contributed by atoms with Crippen LogP contribution in [0.5, 0.6) is 0 Å². The molecule has 0 radical (unpaired) electrons. The summed E-state index contributed by atoms with van der Waals surface area (Å²) in [6.45, 7) is 0. The van der Waals surface area contributed by atoms with Crippen LogP contribution < -0.4 is 15.9 Å². The van der Waals surface area contributed by atoms with E-state index in [9.17, 15) is 5.21 Å². The van der Waals surface area contributed by atoms with Gasteiger partial charge in [-0.2, -0.15) is 0 Å². The van der Waals surface area contributed by atoms with E-state index >= 15 is 0 Å². The topological polar surface area (TPSA) is 77.0 Å². The van der Waals surface area contributed by atoms with Crippen molar-refractivity contribution in [2.75, 3.05) is 14.1 Å². The zero-order chi connectivity index (χ0) is 6.57. The molecule has 6 nitrogen and oxygen atoms in total. The molecule has 0 amide bonds. The zero-order valence-electron chi connectivity index (χ0n) is 4.82. The Hall–Kier alpha value is -0.240. The molecule has 2 unspecified atom stereocenters. The van der Waals surface area contributed by atoms with E-state index in [1.54, 1.807) is 0 Å². The summed E-state index contributed by atoms with van der Waals surface area (Å²) >= 11 is 0. The molecule has 6 heteroatoms. The normalized spacial score (nSPS) is 18.0. The van der Waals surface area contributed by atoms with E-state index in [4.69, 9.17) is 5.84 Å². The maximum atomic E-state index is 10.2. The summed E-state index contributed by atoms with van der Waals surface area (Å²) in [6, 6.07) is 0. The number of quaternary nitrogens is 2. The molecule has 4 N–H and O–H groups in total. The lowest BCUT2D eigenvalue weighted by atomic mass is 11.4. The van der Waals surface area contributed by atoms with E-state index in [1.807, 2.05) is 0 Å². The third kappa shape index (κ3) is 2.86. The summed E-state index contributed by atoms with van der Waals surface area (Å²) in [5.74, 6) is 6.69. The fraction of sp³-hybridized carbons (Fsp3) is 1.00. The van der Waals surface area contributed by atoms with Crippen LogP contribution in [-0.4, -0.2) is 14.1 Å². The van der Waals surface area contributed by atoms with Crippen molar-refractivity contribution in [2.24, 2.45) is 0 Å².